The van der Waals surface area contributed by atoms with E-state index in [1.54, 1.807) is 0 Å². The monoisotopic (exact) mass is 214 g/mol. The number of carbonyl (C=O) groups excluding carboxylic acids is 1. The van der Waals surface area contributed by atoms with Crippen LogP contribution in [0.15, 0.2) is 0 Å². The Hall–Kier alpha value is -0.370. The van der Waals surface area contributed by atoms with Crippen molar-refractivity contribution in [1.29, 1.82) is 0 Å². The lowest BCUT2D eigenvalue weighted by atomic mass is 9.84. The molecule has 0 radical (unpaired) electrons. The molecule has 0 aromatic rings. The third-order valence-corrected chi connectivity index (χ3v) is 2.45. The second-order valence-electron chi connectivity index (χ2n) is 6.58. The number of Topliss-reactive ketones (excluding diaryl/α,β-unsaturated/α-hetero) is 1. The molecule has 0 aliphatic heterocycles. The summed E-state index contributed by atoms with van der Waals surface area (Å²) in [5, 5.41) is 9.70. The van der Waals surface area contributed by atoms with Crippen LogP contribution in [0.5, 0.6) is 0 Å². The van der Waals surface area contributed by atoms with Crippen molar-refractivity contribution in [1.82, 2.24) is 0 Å². The Morgan fingerprint density at radius 2 is 1.60 bits per heavy atom. The summed E-state index contributed by atoms with van der Waals surface area (Å²) in [7, 11) is 0. The van der Waals surface area contributed by atoms with Gasteiger partial charge in [-0.1, -0.05) is 41.5 Å². The maximum absolute atomic E-state index is 11.7. The fourth-order valence-electron chi connectivity index (χ4n) is 1.46. The molecule has 0 saturated heterocycles. The Bertz CT molecular complexity index is 206. The molecule has 0 aromatic carbocycles. The lowest BCUT2D eigenvalue weighted by Gasteiger charge is -2.22. The van der Waals surface area contributed by atoms with Crippen LogP contribution in [0.4, 0.5) is 0 Å². The van der Waals surface area contributed by atoms with Crippen molar-refractivity contribution in [2.45, 2.75) is 66.9 Å². The summed E-state index contributed by atoms with van der Waals surface area (Å²) in [5.41, 5.74) is -0.147. The SMILES string of the molecule is CC(C)(C)CCC[C@@H](O)C(=O)C(C)(C)C. The van der Waals surface area contributed by atoms with E-state index in [0.717, 1.165) is 12.8 Å². The van der Waals surface area contributed by atoms with Gasteiger partial charge in [0.1, 0.15) is 6.10 Å². The lowest BCUT2D eigenvalue weighted by molar-refractivity contribution is -0.135. The number of hydrogen-bond donors (Lipinski definition) is 1. The number of aliphatic hydroxyl groups is 1. The van der Waals surface area contributed by atoms with Gasteiger partial charge in [0.05, 0.1) is 0 Å². The highest BCUT2D eigenvalue weighted by Crippen LogP contribution is 2.24. The predicted octanol–water partition coefficient (Wildman–Crippen LogP) is 3.18. The largest absolute Gasteiger partial charge is 0.385 e. The molecule has 0 aromatic heterocycles. The van der Waals surface area contributed by atoms with Crippen LogP contribution in [0.1, 0.15) is 60.8 Å². The molecule has 90 valence electrons. The minimum Gasteiger partial charge on any atom is -0.385 e. The first-order chi connectivity index (χ1) is 6.54. The number of carbonyl (C=O) groups is 1. The van der Waals surface area contributed by atoms with E-state index in [1.165, 1.54) is 0 Å². The third-order valence-electron chi connectivity index (χ3n) is 2.45. The second kappa shape index (κ2) is 5.11. The zero-order valence-electron chi connectivity index (χ0n) is 11.1. The first kappa shape index (κ1) is 14.6. The fraction of sp³-hybridized carbons (Fsp3) is 0.923. The molecule has 0 amide bonds. The second-order valence-corrected chi connectivity index (χ2v) is 6.58. The van der Waals surface area contributed by atoms with Crippen molar-refractivity contribution in [2.75, 3.05) is 0 Å². The van der Waals surface area contributed by atoms with Gasteiger partial charge in [-0.05, 0) is 24.7 Å². The standard InChI is InChI=1S/C13H26O2/c1-12(2,3)9-7-8-10(14)11(15)13(4,5)6/h10,14H,7-9H2,1-6H3/t10-/m1/s1. The van der Waals surface area contributed by atoms with Crippen molar-refractivity contribution in [3.63, 3.8) is 0 Å². The van der Waals surface area contributed by atoms with E-state index < -0.39 is 11.5 Å². The van der Waals surface area contributed by atoms with Gasteiger partial charge >= 0.3 is 0 Å². The van der Waals surface area contributed by atoms with Gasteiger partial charge in [0.25, 0.3) is 0 Å². The van der Waals surface area contributed by atoms with Crippen LogP contribution in [0.2, 0.25) is 0 Å². The smallest absolute Gasteiger partial charge is 0.166 e. The molecule has 0 saturated carbocycles. The molecule has 0 aliphatic rings. The van der Waals surface area contributed by atoms with Gasteiger partial charge in [-0.3, -0.25) is 4.79 Å². The summed E-state index contributed by atoms with van der Waals surface area (Å²) in [6, 6.07) is 0. The highest BCUT2D eigenvalue weighted by Gasteiger charge is 2.27. The van der Waals surface area contributed by atoms with E-state index >= 15 is 0 Å². The quantitative estimate of drug-likeness (QED) is 0.780. The van der Waals surface area contributed by atoms with Gasteiger partial charge < -0.3 is 5.11 Å². The Kier molecular flexibility index (Phi) is 4.98. The summed E-state index contributed by atoms with van der Waals surface area (Å²) in [4.78, 5) is 11.7. The van der Waals surface area contributed by atoms with Crippen LogP contribution in [0.3, 0.4) is 0 Å². The van der Waals surface area contributed by atoms with Crippen molar-refractivity contribution < 1.29 is 9.90 Å². The molecule has 0 bridgehead atoms. The van der Waals surface area contributed by atoms with Gasteiger partial charge in [-0.2, -0.15) is 0 Å². The van der Waals surface area contributed by atoms with E-state index in [0.29, 0.717) is 6.42 Å². The van der Waals surface area contributed by atoms with E-state index in [1.807, 2.05) is 20.8 Å². The van der Waals surface area contributed by atoms with Crippen LogP contribution >= 0.6 is 0 Å². The molecule has 1 atom stereocenters. The van der Waals surface area contributed by atoms with E-state index in [2.05, 4.69) is 20.8 Å². The highest BCUT2D eigenvalue weighted by atomic mass is 16.3. The molecule has 0 unspecified atom stereocenters. The highest BCUT2D eigenvalue weighted by molar-refractivity contribution is 5.87. The average molecular weight is 214 g/mol. The molecule has 0 fully saturated rings. The van der Waals surface area contributed by atoms with Crippen molar-refractivity contribution in [3.8, 4) is 0 Å². The van der Waals surface area contributed by atoms with Gasteiger partial charge in [-0.25, -0.2) is 0 Å². The van der Waals surface area contributed by atoms with E-state index in [-0.39, 0.29) is 11.2 Å². The topological polar surface area (TPSA) is 37.3 Å². The number of ketones is 1. The van der Waals surface area contributed by atoms with Crippen LogP contribution in [-0.2, 0) is 4.79 Å². The van der Waals surface area contributed by atoms with Gasteiger partial charge in [-0.15, -0.1) is 0 Å². The van der Waals surface area contributed by atoms with Crippen LogP contribution in [-0.4, -0.2) is 17.0 Å². The molecule has 2 heteroatoms. The van der Waals surface area contributed by atoms with E-state index in [9.17, 15) is 9.90 Å². The summed E-state index contributed by atoms with van der Waals surface area (Å²) in [5.74, 6) is -0.0450. The molecule has 0 rings (SSSR count). The summed E-state index contributed by atoms with van der Waals surface area (Å²) in [6.45, 7) is 12.1. The average Bonchev–Trinajstić information content (AvgIpc) is 1.98. The van der Waals surface area contributed by atoms with Crippen LogP contribution in [0.25, 0.3) is 0 Å². The Morgan fingerprint density at radius 3 is 1.93 bits per heavy atom. The minimum atomic E-state index is -0.785. The molecule has 0 heterocycles. The van der Waals surface area contributed by atoms with Crippen molar-refractivity contribution >= 4 is 5.78 Å². The normalized spacial score (nSPS) is 15.1. The first-order valence-corrected chi connectivity index (χ1v) is 5.76. The molecule has 2 nitrogen and oxygen atoms in total. The van der Waals surface area contributed by atoms with Crippen LogP contribution in [0, 0.1) is 10.8 Å². The number of rotatable bonds is 4. The maximum Gasteiger partial charge on any atom is 0.166 e. The minimum absolute atomic E-state index is 0.0450. The zero-order valence-corrected chi connectivity index (χ0v) is 11.1. The van der Waals surface area contributed by atoms with E-state index in [4.69, 9.17) is 0 Å². The molecular formula is C13H26O2. The maximum atomic E-state index is 11.7. The lowest BCUT2D eigenvalue weighted by Crippen LogP contribution is -2.32. The Morgan fingerprint density at radius 1 is 1.13 bits per heavy atom. The number of aliphatic hydroxyl groups excluding tert-OH is 1. The Labute approximate surface area is 94.1 Å². The fourth-order valence-corrected chi connectivity index (χ4v) is 1.46. The molecular weight excluding hydrogens is 188 g/mol. The van der Waals surface area contributed by atoms with Crippen molar-refractivity contribution in [3.05, 3.63) is 0 Å². The van der Waals surface area contributed by atoms with Gasteiger partial charge in [0, 0.05) is 5.41 Å². The Balaban J connectivity index is 3.96. The molecule has 1 N–H and O–H groups in total. The molecule has 0 aliphatic carbocycles. The summed E-state index contributed by atoms with van der Waals surface area (Å²) in [6.07, 6.45) is 1.76. The summed E-state index contributed by atoms with van der Waals surface area (Å²) < 4.78 is 0. The molecule has 0 spiro atoms. The predicted molar refractivity (Wildman–Crippen MR) is 63.8 cm³/mol. The van der Waals surface area contributed by atoms with Crippen LogP contribution < -0.4 is 0 Å². The van der Waals surface area contributed by atoms with Gasteiger partial charge in [0.15, 0.2) is 5.78 Å². The molecule has 15 heavy (non-hydrogen) atoms. The zero-order chi connectivity index (χ0) is 12.3. The van der Waals surface area contributed by atoms with Crippen molar-refractivity contribution in [2.24, 2.45) is 10.8 Å². The first-order valence-electron chi connectivity index (χ1n) is 5.76. The van der Waals surface area contributed by atoms with Gasteiger partial charge in [0.2, 0.25) is 0 Å². The number of hydrogen-bond acceptors (Lipinski definition) is 2. The summed E-state index contributed by atoms with van der Waals surface area (Å²) >= 11 is 0. The third kappa shape index (κ3) is 6.67.